The third-order valence-corrected chi connectivity index (χ3v) is 2.62. The van der Waals surface area contributed by atoms with Crippen molar-refractivity contribution in [3.8, 4) is 0 Å². The normalized spacial score (nSPS) is 11.3. The van der Waals surface area contributed by atoms with Gasteiger partial charge in [0.05, 0.1) is 5.56 Å². The topological polar surface area (TPSA) is 20.9 Å². The van der Waals surface area contributed by atoms with Gasteiger partial charge in [0.2, 0.25) is 12.3 Å². The van der Waals surface area contributed by atoms with Crippen molar-refractivity contribution in [2.75, 3.05) is 0 Å². The Hall–Kier alpha value is -2.17. The summed E-state index contributed by atoms with van der Waals surface area (Å²) in [6.45, 7) is 0.0160. The van der Waals surface area contributed by atoms with Crippen molar-refractivity contribution >= 4 is 5.78 Å². The lowest BCUT2D eigenvalue weighted by Gasteiger charge is -2.07. The molecule has 0 aliphatic carbocycles. The zero-order valence-electron chi connectivity index (χ0n) is 9.89. The number of halogens is 3. The second kappa shape index (κ2) is 5.22. The Labute approximate surface area is 108 Å². The maximum absolute atomic E-state index is 12.5. The van der Waals surface area contributed by atoms with Crippen LogP contribution < -0.4 is 4.57 Å². The van der Waals surface area contributed by atoms with Gasteiger partial charge in [-0.15, -0.1) is 0 Å². The summed E-state index contributed by atoms with van der Waals surface area (Å²) >= 11 is 0. The van der Waals surface area contributed by atoms with Gasteiger partial charge in [0.15, 0.2) is 12.4 Å². The van der Waals surface area contributed by atoms with Crippen LogP contribution in [0.4, 0.5) is 13.2 Å². The van der Waals surface area contributed by atoms with Crippen LogP contribution in [0.1, 0.15) is 15.9 Å². The fourth-order valence-corrected chi connectivity index (χ4v) is 1.67. The molecule has 98 valence electrons. The molecule has 2 aromatic rings. The predicted molar refractivity (Wildman–Crippen MR) is 62.4 cm³/mol. The number of Topliss-reactive ketones (excluding diaryl/α,β-unsaturated/α-hetero) is 1. The van der Waals surface area contributed by atoms with Gasteiger partial charge in [-0.25, -0.2) is 0 Å². The molecule has 0 atom stereocenters. The van der Waals surface area contributed by atoms with E-state index in [2.05, 4.69) is 0 Å². The molecule has 1 aromatic carbocycles. The van der Waals surface area contributed by atoms with Crippen molar-refractivity contribution in [3.63, 3.8) is 0 Å². The molecule has 0 spiro atoms. The van der Waals surface area contributed by atoms with Gasteiger partial charge in [-0.05, 0) is 12.1 Å². The monoisotopic (exact) mass is 266 g/mol. The number of rotatable bonds is 3. The summed E-state index contributed by atoms with van der Waals surface area (Å²) in [5, 5.41) is 0. The van der Waals surface area contributed by atoms with Crippen LogP contribution in [0.25, 0.3) is 0 Å². The zero-order chi connectivity index (χ0) is 13.9. The SMILES string of the molecule is O=C(C[n+]1ccccc1)c1cccc(C(F)(F)F)c1. The molecule has 19 heavy (non-hydrogen) atoms. The van der Waals surface area contributed by atoms with E-state index >= 15 is 0 Å². The van der Waals surface area contributed by atoms with E-state index in [1.807, 2.05) is 0 Å². The van der Waals surface area contributed by atoms with Gasteiger partial charge in [-0.1, -0.05) is 18.2 Å². The van der Waals surface area contributed by atoms with Crippen molar-refractivity contribution in [1.82, 2.24) is 0 Å². The lowest BCUT2D eigenvalue weighted by molar-refractivity contribution is -0.683. The summed E-state index contributed by atoms with van der Waals surface area (Å²) in [7, 11) is 0. The number of carbonyl (C=O) groups excluding carboxylic acids is 1. The van der Waals surface area contributed by atoms with E-state index in [9.17, 15) is 18.0 Å². The highest BCUT2D eigenvalue weighted by Crippen LogP contribution is 2.29. The van der Waals surface area contributed by atoms with Crippen molar-refractivity contribution in [3.05, 3.63) is 66.0 Å². The second-order valence-corrected chi connectivity index (χ2v) is 4.05. The van der Waals surface area contributed by atoms with Crippen LogP contribution in [-0.4, -0.2) is 5.78 Å². The van der Waals surface area contributed by atoms with E-state index in [0.717, 1.165) is 12.1 Å². The van der Waals surface area contributed by atoms with Gasteiger partial charge in [0.1, 0.15) is 0 Å². The lowest BCUT2D eigenvalue weighted by Crippen LogP contribution is -2.36. The van der Waals surface area contributed by atoms with Crippen LogP contribution in [0, 0.1) is 0 Å². The first kappa shape index (κ1) is 13.3. The van der Waals surface area contributed by atoms with Crippen LogP contribution in [0.15, 0.2) is 54.9 Å². The minimum atomic E-state index is -4.43. The Morgan fingerprint density at radius 2 is 1.74 bits per heavy atom. The first-order valence-electron chi connectivity index (χ1n) is 5.61. The highest BCUT2D eigenvalue weighted by atomic mass is 19.4. The summed E-state index contributed by atoms with van der Waals surface area (Å²) < 4.78 is 39.2. The number of benzene rings is 1. The Morgan fingerprint density at radius 3 is 2.37 bits per heavy atom. The minimum absolute atomic E-state index is 0.0160. The summed E-state index contributed by atoms with van der Waals surface area (Å²) in [5.74, 6) is -0.359. The molecular weight excluding hydrogens is 255 g/mol. The van der Waals surface area contributed by atoms with Crippen LogP contribution in [-0.2, 0) is 12.7 Å². The van der Waals surface area contributed by atoms with Gasteiger partial charge in [0.25, 0.3) is 0 Å². The van der Waals surface area contributed by atoms with Crippen LogP contribution in [0.5, 0.6) is 0 Å². The molecule has 0 aliphatic heterocycles. The van der Waals surface area contributed by atoms with E-state index in [4.69, 9.17) is 0 Å². The minimum Gasteiger partial charge on any atom is -0.287 e. The third-order valence-electron chi connectivity index (χ3n) is 2.62. The summed E-state index contributed by atoms with van der Waals surface area (Å²) in [4.78, 5) is 11.9. The van der Waals surface area contributed by atoms with E-state index in [1.165, 1.54) is 12.1 Å². The van der Waals surface area contributed by atoms with Gasteiger partial charge >= 0.3 is 6.18 Å². The molecule has 2 rings (SSSR count). The Balaban J connectivity index is 2.20. The van der Waals surface area contributed by atoms with Crippen molar-refractivity contribution in [2.24, 2.45) is 0 Å². The number of ketones is 1. The maximum Gasteiger partial charge on any atom is 0.416 e. The van der Waals surface area contributed by atoms with E-state index in [-0.39, 0.29) is 17.9 Å². The summed E-state index contributed by atoms with van der Waals surface area (Å²) in [5.41, 5.74) is -0.748. The fraction of sp³-hybridized carbons (Fsp3) is 0.143. The van der Waals surface area contributed by atoms with Crippen molar-refractivity contribution in [1.29, 1.82) is 0 Å². The first-order chi connectivity index (χ1) is 8.97. The Kier molecular flexibility index (Phi) is 3.64. The lowest BCUT2D eigenvalue weighted by atomic mass is 10.1. The molecule has 0 aliphatic rings. The molecule has 0 N–H and O–H groups in total. The summed E-state index contributed by atoms with van der Waals surface area (Å²) in [6, 6.07) is 9.76. The Morgan fingerprint density at radius 1 is 1.05 bits per heavy atom. The number of pyridine rings is 1. The smallest absolute Gasteiger partial charge is 0.287 e. The van der Waals surface area contributed by atoms with Gasteiger partial charge in [-0.3, -0.25) is 4.79 Å². The molecule has 0 unspecified atom stereocenters. The highest BCUT2D eigenvalue weighted by Gasteiger charge is 2.31. The highest BCUT2D eigenvalue weighted by molar-refractivity contribution is 5.95. The molecule has 0 fully saturated rings. The number of aromatic nitrogens is 1. The number of carbonyl (C=O) groups is 1. The van der Waals surface area contributed by atoms with E-state index in [0.29, 0.717) is 0 Å². The molecule has 1 aromatic heterocycles. The quantitative estimate of drug-likeness (QED) is 0.618. The average Bonchev–Trinajstić information content (AvgIpc) is 2.39. The van der Waals surface area contributed by atoms with E-state index in [1.54, 1.807) is 35.2 Å². The molecule has 1 heterocycles. The molecule has 0 amide bonds. The van der Waals surface area contributed by atoms with Crippen LogP contribution in [0.3, 0.4) is 0 Å². The average molecular weight is 266 g/mol. The van der Waals surface area contributed by atoms with Crippen LogP contribution in [0.2, 0.25) is 0 Å². The molecule has 0 bridgehead atoms. The third kappa shape index (κ3) is 3.40. The molecule has 0 saturated carbocycles. The molecule has 2 nitrogen and oxygen atoms in total. The zero-order valence-corrected chi connectivity index (χ0v) is 9.89. The standard InChI is InChI=1S/C14H11F3NO/c15-14(16,17)12-6-4-5-11(9-12)13(19)10-18-7-2-1-3-8-18/h1-9H,10H2/q+1. The number of hydrogen-bond donors (Lipinski definition) is 0. The molecule has 0 radical (unpaired) electrons. The maximum atomic E-state index is 12.5. The van der Waals surface area contributed by atoms with Gasteiger partial charge in [-0.2, -0.15) is 17.7 Å². The number of nitrogens with zero attached hydrogens (tertiary/aromatic N) is 1. The van der Waals surface area contributed by atoms with E-state index < -0.39 is 11.7 Å². The second-order valence-electron chi connectivity index (χ2n) is 4.05. The first-order valence-corrected chi connectivity index (χ1v) is 5.61. The van der Waals surface area contributed by atoms with Gasteiger partial charge < -0.3 is 0 Å². The largest absolute Gasteiger partial charge is 0.416 e. The van der Waals surface area contributed by atoms with Crippen molar-refractivity contribution in [2.45, 2.75) is 12.7 Å². The molecule has 0 saturated heterocycles. The van der Waals surface area contributed by atoms with Gasteiger partial charge in [0, 0.05) is 17.7 Å². The molecule has 5 heteroatoms. The number of alkyl halides is 3. The van der Waals surface area contributed by atoms with Crippen LogP contribution >= 0.6 is 0 Å². The number of hydrogen-bond acceptors (Lipinski definition) is 1. The molecular formula is C14H11F3NO+. The predicted octanol–water partition coefficient (Wildman–Crippen LogP) is 2.88. The Bertz CT molecular complexity index is 579. The van der Waals surface area contributed by atoms with Crippen molar-refractivity contribution < 1.29 is 22.5 Å². The fourth-order valence-electron chi connectivity index (χ4n) is 1.67. The summed E-state index contributed by atoms with van der Waals surface area (Å²) in [6.07, 6.45) is -1.06.